The maximum absolute atomic E-state index is 13.3. The predicted molar refractivity (Wildman–Crippen MR) is 139 cm³/mol. The van der Waals surface area contributed by atoms with E-state index in [9.17, 15) is 18.0 Å². The van der Waals surface area contributed by atoms with E-state index in [2.05, 4.69) is 27.0 Å². The number of benzene rings is 2. The second-order valence-corrected chi connectivity index (χ2v) is 8.77. The first-order valence-electron chi connectivity index (χ1n) is 11.4. The van der Waals surface area contributed by atoms with E-state index in [1.807, 2.05) is 23.7 Å². The maximum atomic E-state index is 13.3. The summed E-state index contributed by atoms with van der Waals surface area (Å²) in [6.07, 6.45) is 0.0954. The standard InChI is InChI=1S/C27H22F3N7O/c1-15(2)26(38)35-19-9-7-16(8-10-19)23-21(22-24(31)32-14-33-25(22)36(23)3)17-12-34-37(13-17)20-6-4-5-18(11-20)27(28,29)30/h4-14H,1H2,2-3H3,(H,35,38)(H2,31,32,33). The number of aromatic nitrogens is 5. The number of amides is 1. The van der Waals surface area contributed by atoms with Crippen molar-refractivity contribution in [1.82, 2.24) is 24.3 Å². The van der Waals surface area contributed by atoms with Crippen molar-refractivity contribution in [3.63, 3.8) is 0 Å². The van der Waals surface area contributed by atoms with Crippen molar-refractivity contribution in [2.24, 2.45) is 7.05 Å². The Bertz CT molecular complexity index is 1700. The average Bonchev–Trinajstić information content (AvgIpc) is 3.48. The number of anilines is 2. The van der Waals surface area contributed by atoms with Crippen LogP contribution in [0.1, 0.15) is 12.5 Å². The molecule has 2 aromatic carbocycles. The van der Waals surface area contributed by atoms with Crippen molar-refractivity contribution in [2.75, 3.05) is 11.1 Å². The smallest absolute Gasteiger partial charge is 0.383 e. The van der Waals surface area contributed by atoms with Gasteiger partial charge in [0.1, 0.15) is 17.8 Å². The van der Waals surface area contributed by atoms with Crippen LogP contribution in [0.25, 0.3) is 39.1 Å². The summed E-state index contributed by atoms with van der Waals surface area (Å²) in [5, 5.41) is 7.70. The Morgan fingerprint density at radius 2 is 1.82 bits per heavy atom. The zero-order valence-corrected chi connectivity index (χ0v) is 20.4. The molecule has 0 atom stereocenters. The monoisotopic (exact) mass is 517 g/mol. The summed E-state index contributed by atoms with van der Waals surface area (Å²) in [6, 6.07) is 12.1. The van der Waals surface area contributed by atoms with Gasteiger partial charge in [-0.3, -0.25) is 4.79 Å². The Morgan fingerprint density at radius 1 is 1.08 bits per heavy atom. The molecule has 3 aromatic heterocycles. The number of hydrogen-bond acceptors (Lipinski definition) is 5. The molecule has 0 radical (unpaired) electrons. The lowest BCUT2D eigenvalue weighted by atomic mass is 10.0. The van der Waals surface area contributed by atoms with E-state index in [-0.39, 0.29) is 17.4 Å². The van der Waals surface area contributed by atoms with E-state index in [1.165, 1.54) is 17.1 Å². The molecule has 0 spiro atoms. The molecule has 3 N–H and O–H groups in total. The number of nitrogens with one attached hydrogen (secondary N) is 1. The minimum Gasteiger partial charge on any atom is -0.383 e. The van der Waals surface area contributed by atoms with Crippen LogP contribution < -0.4 is 11.1 Å². The molecular weight excluding hydrogens is 495 g/mol. The fourth-order valence-electron chi connectivity index (χ4n) is 4.26. The molecule has 0 unspecified atom stereocenters. The third-order valence-electron chi connectivity index (χ3n) is 6.11. The highest BCUT2D eigenvalue weighted by molar-refractivity contribution is 6.08. The molecule has 0 aliphatic carbocycles. The quantitative estimate of drug-likeness (QED) is 0.295. The molecule has 11 heteroatoms. The molecule has 8 nitrogen and oxygen atoms in total. The number of nitrogens with zero attached hydrogens (tertiary/aromatic N) is 5. The summed E-state index contributed by atoms with van der Waals surface area (Å²) in [7, 11) is 1.83. The van der Waals surface area contributed by atoms with Crippen LogP contribution in [0.3, 0.4) is 0 Å². The van der Waals surface area contributed by atoms with Crippen LogP contribution in [0.5, 0.6) is 0 Å². The third-order valence-corrected chi connectivity index (χ3v) is 6.11. The molecular formula is C27H22F3N7O. The number of rotatable bonds is 5. The average molecular weight is 518 g/mol. The minimum atomic E-state index is -4.48. The highest BCUT2D eigenvalue weighted by atomic mass is 19.4. The normalized spacial score (nSPS) is 11.6. The molecule has 192 valence electrons. The van der Waals surface area contributed by atoms with Gasteiger partial charge >= 0.3 is 6.18 Å². The molecule has 0 aliphatic rings. The van der Waals surface area contributed by atoms with Crippen LogP contribution in [0.15, 0.2) is 79.4 Å². The van der Waals surface area contributed by atoms with Gasteiger partial charge in [-0.15, -0.1) is 0 Å². The zero-order valence-electron chi connectivity index (χ0n) is 20.4. The molecule has 3 heterocycles. The van der Waals surface area contributed by atoms with Crippen LogP contribution in [0.2, 0.25) is 0 Å². The number of halogens is 3. The molecule has 1 amide bonds. The van der Waals surface area contributed by atoms with Gasteiger partial charge in [-0.05, 0) is 42.8 Å². The van der Waals surface area contributed by atoms with Crippen LogP contribution >= 0.6 is 0 Å². The minimum absolute atomic E-state index is 0.254. The lowest BCUT2D eigenvalue weighted by Crippen LogP contribution is -2.11. The first kappa shape index (κ1) is 24.8. The van der Waals surface area contributed by atoms with Gasteiger partial charge in [0.15, 0.2) is 0 Å². The summed E-state index contributed by atoms with van der Waals surface area (Å²) < 4.78 is 43.0. The topological polar surface area (TPSA) is 104 Å². The second-order valence-electron chi connectivity index (χ2n) is 8.77. The van der Waals surface area contributed by atoms with E-state index in [4.69, 9.17) is 5.73 Å². The summed E-state index contributed by atoms with van der Waals surface area (Å²) in [5.41, 5.74) is 10.2. The van der Waals surface area contributed by atoms with E-state index in [0.717, 1.165) is 23.4 Å². The second kappa shape index (κ2) is 9.18. The lowest BCUT2D eigenvalue weighted by molar-refractivity contribution is -0.137. The number of carbonyl (C=O) groups excluding carboxylic acids is 1. The first-order valence-corrected chi connectivity index (χ1v) is 11.4. The van der Waals surface area contributed by atoms with E-state index in [0.29, 0.717) is 33.4 Å². The van der Waals surface area contributed by atoms with Gasteiger partial charge in [0.05, 0.1) is 28.5 Å². The van der Waals surface area contributed by atoms with Crippen LogP contribution in [-0.2, 0) is 18.0 Å². The van der Waals surface area contributed by atoms with Crippen molar-refractivity contribution in [1.29, 1.82) is 0 Å². The number of carbonyl (C=O) groups is 1. The highest BCUT2D eigenvalue weighted by Gasteiger charge is 2.30. The Hall–Kier alpha value is -4.93. The largest absolute Gasteiger partial charge is 0.416 e. The molecule has 0 saturated carbocycles. The van der Waals surface area contributed by atoms with Gasteiger partial charge in [-0.25, -0.2) is 14.6 Å². The molecule has 0 fully saturated rings. The van der Waals surface area contributed by atoms with Crippen LogP contribution in [-0.4, -0.2) is 30.2 Å². The van der Waals surface area contributed by atoms with Crippen molar-refractivity contribution < 1.29 is 18.0 Å². The van der Waals surface area contributed by atoms with E-state index >= 15 is 0 Å². The fraction of sp³-hybridized carbons (Fsp3) is 0.111. The molecule has 5 aromatic rings. The van der Waals surface area contributed by atoms with Crippen molar-refractivity contribution in [3.05, 3.63) is 85.0 Å². The van der Waals surface area contributed by atoms with Crippen molar-refractivity contribution in [3.8, 4) is 28.1 Å². The van der Waals surface area contributed by atoms with Gasteiger partial charge in [0.2, 0.25) is 0 Å². The van der Waals surface area contributed by atoms with Crippen LogP contribution in [0, 0.1) is 0 Å². The SMILES string of the molecule is C=C(C)C(=O)Nc1ccc(-c2c(-c3cnn(-c4cccc(C(F)(F)F)c4)c3)c3c(N)ncnc3n2C)cc1. The van der Waals surface area contributed by atoms with Crippen molar-refractivity contribution in [2.45, 2.75) is 13.1 Å². The van der Waals surface area contributed by atoms with E-state index < -0.39 is 11.7 Å². The summed E-state index contributed by atoms with van der Waals surface area (Å²) in [6.45, 7) is 5.26. The highest BCUT2D eigenvalue weighted by Crippen LogP contribution is 2.42. The third kappa shape index (κ3) is 4.38. The number of hydrogen-bond donors (Lipinski definition) is 2. The Labute approximate surface area is 215 Å². The Kier molecular flexibility index (Phi) is 5.98. The predicted octanol–water partition coefficient (Wildman–Crippen LogP) is 5.60. The lowest BCUT2D eigenvalue weighted by Gasteiger charge is -2.10. The zero-order chi connectivity index (χ0) is 27.2. The number of aryl methyl sites for hydroxylation is 1. The summed E-state index contributed by atoms with van der Waals surface area (Å²) >= 11 is 0. The molecule has 0 saturated heterocycles. The van der Waals surface area contributed by atoms with Gasteiger partial charge in [-0.1, -0.05) is 24.8 Å². The van der Waals surface area contributed by atoms with Gasteiger partial charge in [0, 0.05) is 35.6 Å². The molecule has 0 aliphatic heterocycles. The van der Waals surface area contributed by atoms with Gasteiger partial charge < -0.3 is 15.6 Å². The number of fused-ring (bicyclic) bond motifs is 1. The Morgan fingerprint density at radius 3 is 2.50 bits per heavy atom. The van der Waals surface area contributed by atoms with E-state index in [1.54, 1.807) is 37.5 Å². The Balaban J connectivity index is 1.64. The summed E-state index contributed by atoms with van der Waals surface area (Å²) in [5.74, 6) is -0.0305. The summed E-state index contributed by atoms with van der Waals surface area (Å²) in [4.78, 5) is 20.6. The van der Waals surface area contributed by atoms with Crippen LogP contribution in [0.4, 0.5) is 24.7 Å². The van der Waals surface area contributed by atoms with Crippen molar-refractivity contribution >= 4 is 28.4 Å². The molecule has 38 heavy (non-hydrogen) atoms. The van der Waals surface area contributed by atoms with Gasteiger partial charge in [0.25, 0.3) is 5.91 Å². The number of nitrogens with two attached hydrogens (primary N) is 1. The fourth-order valence-corrected chi connectivity index (χ4v) is 4.26. The first-order chi connectivity index (χ1) is 18.0. The number of nitrogen functional groups attached to an aromatic ring is 1. The molecule has 0 bridgehead atoms. The molecule has 5 rings (SSSR count). The maximum Gasteiger partial charge on any atom is 0.416 e. The van der Waals surface area contributed by atoms with Gasteiger partial charge in [-0.2, -0.15) is 18.3 Å². The number of alkyl halides is 3.